The second kappa shape index (κ2) is 16.5. The summed E-state index contributed by atoms with van der Waals surface area (Å²) >= 11 is 0. The number of primary amides is 1. The molecule has 10 heteroatoms. The van der Waals surface area contributed by atoms with E-state index in [9.17, 15) is 24.3 Å². The number of aliphatic hydroxyl groups is 1. The Morgan fingerprint density at radius 3 is 2.20 bits per heavy atom. The molecule has 1 aromatic rings. The number of nitrogens with one attached hydrogen (secondary N) is 4. The average Bonchev–Trinajstić information content (AvgIpc) is 2.82. The zero-order chi connectivity index (χ0) is 26.2. The van der Waals surface area contributed by atoms with Gasteiger partial charge >= 0.3 is 6.03 Å². The molecule has 0 bridgehead atoms. The van der Waals surface area contributed by atoms with Crippen molar-refractivity contribution in [1.29, 1.82) is 0 Å². The average molecular weight is 492 g/mol. The highest BCUT2D eigenvalue weighted by Crippen LogP contribution is 2.12. The van der Waals surface area contributed by atoms with Crippen LogP contribution in [0, 0.1) is 5.92 Å². The Labute approximate surface area is 207 Å². The first-order valence-corrected chi connectivity index (χ1v) is 12.3. The molecule has 0 aromatic heterocycles. The zero-order valence-corrected chi connectivity index (χ0v) is 21.1. The normalized spacial score (nSPS) is 12.5. The second-order valence-electron chi connectivity index (χ2n) is 8.94. The van der Waals surface area contributed by atoms with Crippen LogP contribution in [0.25, 0.3) is 0 Å². The summed E-state index contributed by atoms with van der Waals surface area (Å²) < 4.78 is 0. The van der Waals surface area contributed by atoms with Crippen molar-refractivity contribution < 1.29 is 24.3 Å². The molecule has 0 radical (unpaired) electrons. The minimum Gasteiger partial charge on any atom is -0.392 e. The molecule has 10 nitrogen and oxygen atoms in total. The molecule has 0 aliphatic carbocycles. The second-order valence-corrected chi connectivity index (χ2v) is 8.94. The van der Waals surface area contributed by atoms with E-state index in [2.05, 4.69) is 28.2 Å². The Bertz CT molecular complexity index is 813. The number of hydrogen-bond donors (Lipinski definition) is 6. The summed E-state index contributed by atoms with van der Waals surface area (Å²) in [5.41, 5.74) is 6.31. The SMILES string of the molecule is CCCCCCC(=O)NC(C(=O)N[C@@H](CCCNC(N)=O)C(=O)Nc1ccc(CO)cc1)C(C)C. The number of anilines is 1. The van der Waals surface area contributed by atoms with Crippen molar-refractivity contribution in [2.45, 2.75) is 84.4 Å². The molecule has 5 amide bonds. The molecule has 0 fully saturated rings. The number of hydrogen-bond acceptors (Lipinski definition) is 5. The van der Waals surface area contributed by atoms with Crippen LogP contribution in [0.4, 0.5) is 10.5 Å². The van der Waals surface area contributed by atoms with Gasteiger partial charge in [-0.3, -0.25) is 14.4 Å². The fourth-order valence-corrected chi connectivity index (χ4v) is 3.46. The lowest BCUT2D eigenvalue weighted by molar-refractivity contribution is -0.132. The maximum atomic E-state index is 13.1. The number of rotatable bonds is 16. The minimum absolute atomic E-state index is 0.110. The van der Waals surface area contributed by atoms with Crippen molar-refractivity contribution in [2.75, 3.05) is 11.9 Å². The van der Waals surface area contributed by atoms with E-state index >= 15 is 0 Å². The summed E-state index contributed by atoms with van der Waals surface area (Å²) in [5.74, 6) is -1.24. The molecule has 1 rings (SSSR count). The summed E-state index contributed by atoms with van der Waals surface area (Å²) in [4.78, 5) is 49.3. The molecule has 0 saturated carbocycles. The molecule has 0 spiro atoms. The lowest BCUT2D eigenvalue weighted by Gasteiger charge is -2.25. The van der Waals surface area contributed by atoms with Crippen LogP contribution in [0.2, 0.25) is 0 Å². The molecule has 0 aliphatic heterocycles. The van der Waals surface area contributed by atoms with E-state index in [0.29, 0.717) is 24.1 Å². The standard InChI is InChI=1S/C25H41N5O5/c1-4-5-6-7-10-21(32)30-22(17(2)3)24(34)29-20(9-8-15-27-25(26)35)23(33)28-19-13-11-18(16-31)12-14-19/h11-14,17,20,22,31H,4-10,15-16H2,1-3H3,(H,28,33)(H,29,34)(H,30,32)(H3,26,27,35)/t20-,22?/m0/s1. The van der Waals surface area contributed by atoms with E-state index in [0.717, 1.165) is 25.7 Å². The number of benzene rings is 1. The van der Waals surface area contributed by atoms with Crippen molar-refractivity contribution in [3.05, 3.63) is 29.8 Å². The summed E-state index contributed by atoms with van der Waals surface area (Å²) in [6.45, 7) is 5.90. The van der Waals surface area contributed by atoms with E-state index < -0.39 is 29.9 Å². The summed E-state index contributed by atoms with van der Waals surface area (Å²) in [6, 6.07) is 4.35. The van der Waals surface area contributed by atoms with Gasteiger partial charge < -0.3 is 32.1 Å². The third-order valence-corrected chi connectivity index (χ3v) is 5.53. The van der Waals surface area contributed by atoms with Gasteiger partial charge in [0, 0.05) is 18.7 Å². The van der Waals surface area contributed by atoms with E-state index in [1.54, 1.807) is 24.3 Å². The number of carbonyl (C=O) groups is 4. The molecule has 7 N–H and O–H groups in total. The highest BCUT2D eigenvalue weighted by atomic mass is 16.3. The molecular weight excluding hydrogens is 450 g/mol. The molecule has 0 saturated heterocycles. The quantitative estimate of drug-likeness (QED) is 0.195. The van der Waals surface area contributed by atoms with Gasteiger partial charge in [-0.25, -0.2) is 4.79 Å². The smallest absolute Gasteiger partial charge is 0.312 e. The van der Waals surface area contributed by atoms with Gasteiger partial charge in [0.2, 0.25) is 17.7 Å². The summed E-state index contributed by atoms with van der Waals surface area (Å²) in [6.07, 6.45) is 4.86. The van der Waals surface area contributed by atoms with Crippen LogP contribution < -0.4 is 27.0 Å². The largest absolute Gasteiger partial charge is 0.392 e. The first kappa shape index (κ1) is 29.9. The topological polar surface area (TPSA) is 163 Å². The number of unbranched alkanes of at least 4 members (excludes halogenated alkanes) is 3. The number of nitrogens with two attached hydrogens (primary N) is 1. The highest BCUT2D eigenvalue weighted by Gasteiger charge is 2.28. The Morgan fingerprint density at radius 2 is 1.63 bits per heavy atom. The van der Waals surface area contributed by atoms with Crippen LogP contribution in [-0.2, 0) is 21.0 Å². The van der Waals surface area contributed by atoms with Crippen molar-refractivity contribution in [3.63, 3.8) is 0 Å². The fraction of sp³-hybridized carbons (Fsp3) is 0.600. The van der Waals surface area contributed by atoms with Gasteiger partial charge in [0.25, 0.3) is 0 Å². The van der Waals surface area contributed by atoms with Gasteiger partial charge in [-0.05, 0) is 42.9 Å². The van der Waals surface area contributed by atoms with E-state index in [4.69, 9.17) is 5.73 Å². The summed E-state index contributed by atoms with van der Waals surface area (Å²) in [5, 5.41) is 20.0. The van der Waals surface area contributed by atoms with Crippen LogP contribution in [0.3, 0.4) is 0 Å². The van der Waals surface area contributed by atoms with Crippen LogP contribution in [0.1, 0.15) is 71.3 Å². The molecule has 0 heterocycles. The van der Waals surface area contributed by atoms with Crippen molar-refractivity contribution in [2.24, 2.45) is 11.7 Å². The van der Waals surface area contributed by atoms with Crippen LogP contribution >= 0.6 is 0 Å². The molecular formula is C25H41N5O5. The number of carbonyl (C=O) groups excluding carboxylic acids is 4. The Kier molecular flexibility index (Phi) is 14.1. The number of amides is 5. The van der Waals surface area contributed by atoms with Crippen molar-refractivity contribution in [3.8, 4) is 0 Å². The molecule has 196 valence electrons. The fourth-order valence-electron chi connectivity index (χ4n) is 3.46. The van der Waals surface area contributed by atoms with Gasteiger partial charge in [-0.2, -0.15) is 0 Å². The Morgan fingerprint density at radius 1 is 0.943 bits per heavy atom. The van der Waals surface area contributed by atoms with Crippen LogP contribution in [0.15, 0.2) is 24.3 Å². The first-order chi connectivity index (χ1) is 16.7. The monoisotopic (exact) mass is 491 g/mol. The van der Waals surface area contributed by atoms with Crippen LogP contribution in [0.5, 0.6) is 0 Å². The third-order valence-electron chi connectivity index (χ3n) is 5.53. The van der Waals surface area contributed by atoms with E-state index in [1.807, 2.05) is 13.8 Å². The van der Waals surface area contributed by atoms with Gasteiger partial charge in [0.05, 0.1) is 6.61 Å². The number of urea groups is 1. The molecule has 0 aliphatic rings. The van der Waals surface area contributed by atoms with Gasteiger partial charge in [-0.1, -0.05) is 52.2 Å². The lowest BCUT2D eigenvalue weighted by Crippen LogP contribution is -2.54. The predicted molar refractivity (Wildman–Crippen MR) is 135 cm³/mol. The molecule has 1 unspecified atom stereocenters. The Balaban J connectivity index is 2.84. The van der Waals surface area contributed by atoms with Gasteiger partial charge in [-0.15, -0.1) is 0 Å². The zero-order valence-electron chi connectivity index (χ0n) is 21.1. The number of aliphatic hydroxyl groups excluding tert-OH is 1. The molecule has 35 heavy (non-hydrogen) atoms. The van der Waals surface area contributed by atoms with Gasteiger partial charge in [0.1, 0.15) is 12.1 Å². The third kappa shape index (κ3) is 12.2. The van der Waals surface area contributed by atoms with E-state index in [1.165, 1.54) is 0 Å². The molecule has 1 aromatic carbocycles. The first-order valence-electron chi connectivity index (χ1n) is 12.3. The lowest BCUT2D eigenvalue weighted by atomic mass is 10.0. The molecule has 2 atom stereocenters. The van der Waals surface area contributed by atoms with Crippen molar-refractivity contribution >= 4 is 29.4 Å². The van der Waals surface area contributed by atoms with Gasteiger partial charge in [0.15, 0.2) is 0 Å². The predicted octanol–water partition coefficient (Wildman–Crippen LogP) is 2.16. The minimum atomic E-state index is -0.891. The Hall–Kier alpha value is -3.14. The highest BCUT2D eigenvalue weighted by molar-refractivity contribution is 5.98. The maximum Gasteiger partial charge on any atom is 0.312 e. The van der Waals surface area contributed by atoms with Crippen LogP contribution in [-0.4, -0.2) is 47.5 Å². The van der Waals surface area contributed by atoms with Crippen molar-refractivity contribution in [1.82, 2.24) is 16.0 Å². The maximum absolute atomic E-state index is 13.1. The summed E-state index contributed by atoms with van der Waals surface area (Å²) in [7, 11) is 0. The van der Waals surface area contributed by atoms with E-state index in [-0.39, 0.29) is 31.4 Å².